The van der Waals surface area contributed by atoms with E-state index in [2.05, 4.69) is 4.90 Å². The summed E-state index contributed by atoms with van der Waals surface area (Å²) >= 11 is 0. The van der Waals surface area contributed by atoms with Crippen molar-refractivity contribution in [2.45, 2.75) is 200 Å². The minimum Gasteiger partial charge on any atom is -0.459 e. The molecule has 1 aliphatic heterocycles. The van der Waals surface area contributed by atoms with Crippen molar-refractivity contribution in [3.05, 3.63) is 23.8 Å². The summed E-state index contributed by atoms with van der Waals surface area (Å²) in [5.74, 6) is -5.50. The molecule has 6 N–H and O–H groups in total. The normalized spacial score (nSPS) is 46.2. The molecule has 388 valence electrons. The number of ketones is 3. The lowest BCUT2D eigenvalue weighted by atomic mass is 9.42. The third-order valence-corrected chi connectivity index (χ3v) is 18.6. The monoisotopic (exact) mass is 965 g/mol. The second-order valence-electron chi connectivity index (χ2n) is 23.0. The Morgan fingerprint density at radius 3 is 2.16 bits per heavy atom. The fourth-order valence-electron chi connectivity index (χ4n) is 14.5. The molecule has 15 heteroatoms. The highest BCUT2D eigenvalue weighted by Crippen LogP contribution is 2.74. The number of Topliss-reactive ketones (excluding diaryl/α,β-unsaturated/α-hetero) is 2. The summed E-state index contributed by atoms with van der Waals surface area (Å²) in [6.45, 7) is 22.8. The van der Waals surface area contributed by atoms with Gasteiger partial charge >= 0.3 is 5.97 Å². The average molecular weight is 965 g/mol. The van der Waals surface area contributed by atoms with Crippen LogP contribution in [-0.4, -0.2) is 156 Å². The van der Waals surface area contributed by atoms with E-state index >= 15 is 8.78 Å². The summed E-state index contributed by atoms with van der Waals surface area (Å²) in [5, 5.41) is 69.6. The smallest absolute Gasteiger partial charge is 0.311 e. The highest BCUT2D eigenvalue weighted by Gasteiger charge is 2.76. The van der Waals surface area contributed by atoms with Crippen molar-refractivity contribution in [1.29, 1.82) is 0 Å². The molecule has 4 aliphatic carbocycles. The van der Waals surface area contributed by atoms with Gasteiger partial charge in [-0.1, -0.05) is 54.5 Å². The lowest BCUT2D eigenvalue weighted by molar-refractivity contribution is -0.212. The molecule has 0 radical (unpaired) electrons. The van der Waals surface area contributed by atoms with Crippen LogP contribution >= 0.6 is 0 Å². The molecule has 0 spiro atoms. The number of hydrogen-bond acceptors (Lipinski definition) is 13. The van der Waals surface area contributed by atoms with Gasteiger partial charge in [0.15, 0.2) is 11.5 Å². The first-order valence-corrected chi connectivity index (χ1v) is 25.6. The molecule has 5 rings (SSSR count). The van der Waals surface area contributed by atoms with Gasteiger partial charge in [-0.05, 0) is 134 Å². The second-order valence-corrected chi connectivity index (χ2v) is 23.0. The summed E-state index contributed by atoms with van der Waals surface area (Å²) < 4.78 is 39.8. The highest BCUT2D eigenvalue weighted by atomic mass is 19.1. The third kappa shape index (κ3) is 9.75. The van der Waals surface area contributed by atoms with Gasteiger partial charge in [-0.3, -0.25) is 24.1 Å². The molecule has 1 saturated heterocycles. The molecule has 0 aromatic carbocycles. The van der Waals surface area contributed by atoms with Gasteiger partial charge in [0.05, 0.1) is 29.8 Å². The fraction of sp³-hybridized carbons (Fsp3) is 0.849. The van der Waals surface area contributed by atoms with E-state index < -0.39 is 111 Å². The van der Waals surface area contributed by atoms with E-state index in [1.165, 1.54) is 39.0 Å². The van der Waals surface area contributed by atoms with E-state index in [1.54, 1.807) is 34.6 Å². The minimum atomic E-state index is -2.29. The Balaban J connectivity index is 1.32. The molecule has 5 aliphatic rings. The van der Waals surface area contributed by atoms with Crippen LogP contribution in [0, 0.1) is 51.8 Å². The Bertz CT molecular complexity index is 1910. The number of esters is 1. The number of fused-ring (bicyclic) bond motifs is 5. The van der Waals surface area contributed by atoms with Crippen LogP contribution in [0.2, 0.25) is 0 Å². The van der Waals surface area contributed by atoms with E-state index in [0.717, 1.165) is 0 Å². The van der Waals surface area contributed by atoms with Crippen molar-refractivity contribution in [2.75, 3.05) is 32.7 Å². The van der Waals surface area contributed by atoms with E-state index in [-0.39, 0.29) is 73.9 Å². The van der Waals surface area contributed by atoms with Crippen molar-refractivity contribution in [3.8, 4) is 0 Å². The molecule has 13 nitrogen and oxygen atoms in total. The Morgan fingerprint density at radius 1 is 0.912 bits per heavy atom. The number of rotatable bonds is 13. The minimum absolute atomic E-state index is 0.0407. The molecule has 0 bridgehead atoms. The molecule has 0 aromatic rings. The average Bonchev–Trinajstić information content (AvgIpc) is 3.49. The first-order chi connectivity index (χ1) is 31.5. The van der Waals surface area contributed by atoms with Crippen molar-refractivity contribution in [2.24, 2.45) is 51.8 Å². The number of hydrogen-bond donors (Lipinski definition) is 6. The van der Waals surface area contributed by atoms with Crippen LogP contribution in [0.5, 0.6) is 0 Å². The van der Waals surface area contributed by atoms with Crippen molar-refractivity contribution in [1.82, 2.24) is 9.80 Å². The zero-order valence-electron chi connectivity index (χ0n) is 43.0. The molecule has 68 heavy (non-hydrogen) atoms. The SMILES string of the molecule is CCC(=O)[C@@]1(CC(=O)CCN(CC)CCCN2C[C@H](C)C[C@@](C)(O)[C@H](O)[C@@H](C)[C@H](O)[C@@H](C)C(=O)O[C@H](CC)[C@@](C)(O)[C@H](O)[C@H]2C)[C@H](C)CC2C3C[C@H](F)C4=CC(=O)C=C[C@]4(C)[C@@]3(F)[C@@H](O)C[C@@]21C. The lowest BCUT2D eigenvalue weighted by Gasteiger charge is -2.63. The summed E-state index contributed by atoms with van der Waals surface area (Å²) in [4.78, 5) is 58.6. The first kappa shape index (κ1) is 56.4. The molecule has 3 saturated carbocycles. The van der Waals surface area contributed by atoms with Crippen molar-refractivity contribution >= 4 is 23.3 Å². The summed E-state index contributed by atoms with van der Waals surface area (Å²) in [5.41, 5.74) is -9.54. The second kappa shape index (κ2) is 20.9. The van der Waals surface area contributed by atoms with Crippen LogP contribution in [0.15, 0.2) is 23.8 Å². The predicted molar refractivity (Wildman–Crippen MR) is 254 cm³/mol. The topological polar surface area (TPSA) is 205 Å². The van der Waals surface area contributed by atoms with Crippen LogP contribution in [-0.2, 0) is 23.9 Å². The van der Waals surface area contributed by atoms with Gasteiger partial charge < -0.3 is 40.3 Å². The number of carbonyl (C=O) groups excluding carboxylic acids is 4. The number of cyclic esters (lactones) is 1. The van der Waals surface area contributed by atoms with E-state index in [0.29, 0.717) is 45.6 Å². The predicted octanol–water partition coefficient (Wildman–Crippen LogP) is 5.49. The van der Waals surface area contributed by atoms with Crippen LogP contribution in [0.4, 0.5) is 8.78 Å². The van der Waals surface area contributed by atoms with Gasteiger partial charge in [0.1, 0.15) is 35.5 Å². The maximum Gasteiger partial charge on any atom is 0.311 e. The first-order valence-electron chi connectivity index (χ1n) is 25.6. The van der Waals surface area contributed by atoms with Crippen molar-refractivity contribution in [3.63, 3.8) is 0 Å². The van der Waals surface area contributed by atoms with Crippen LogP contribution in [0.1, 0.15) is 141 Å². The zero-order chi connectivity index (χ0) is 51.3. The number of aliphatic hydroxyl groups excluding tert-OH is 4. The molecular weight excluding hydrogens is 879 g/mol. The number of carbonyl (C=O) groups is 4. The van der Waals surface area contributed by atoms with E-state index in [4.69, 9.17) is 4.74 Å². The standard InChI is InChI=1S/C53H86F2N2O11/c1-13-41(60)52(31(5)23-37-38-25-40(54)39-24-35(58)17-19-48(39,9)53(38,55)42(61)28-49(37,52)10)27-36(59)18-22-56(15-3)20-16-21-57-29-30(4)26-50(11,66)45(63)32(6)44(62)33(7)47(65)68-43(14-2)51(12,67)46(64)34(57)8/h17,19,24,30-34,37-38,40,42-46,61-64,66-67H,13-16,18,20-23,25-29H2,1-12H3/t30-,31-,32+,33-,34-,37?,38?,40+,42+,43-,44+,45-,46-,48+,49+,50-,51-,52-,53+/m1/s1. The number of alkyl halides is 2. The summed E-state index contributed by atoms with van der Waals surface area (Å²) in [6.07, 6.45) is -3.47. The third-order valence-electron chi connectivity index (χ3n) is 18.6. The number of aliphatic hydroxyl groups is 6. The highest BCUT2D eigenvalue weighted by molar-refractivity contribution is 6.01. The molecule has 0 aromatic heterocycles. The maximum atomic E-state index is 17.9. The Labute approximate surface area is 404 Å². The Hall–Kier alpha value is -2.50. The molecule has 4 fully saturated rings. The molecule has 19 atom stereocenters. The number of allylic oxidation sites excluding steroid dienone is 4. The van der Waals surface area contributed by atoms with E-state index in [9.17, 15) is 49.8 Å². The summed E-state index contributed by atoms with van der Waals surface area (Å²) in [6, 6.07) is -0.667. The maximum absolute atomic E-state index is 17.9. The van der Waals surface area contributed by atoms with Gasteiger partial charge in [0.25, 0.3) is 0 Å². The van der Waals surface area contributed by atoms with Gasteiger partial charge in [0.2, 0.25) is 0 Å². The largest absolute Gasteiger partial charge is 0.459 e. The fourth-order valence-corrected chi connectivity index (χ4v) is 14.5. The van der Waals surface area contributed by atoms with Crippen LogP contribution in [0.25, 0.3) is 0 Å². The van der Waals surface area contributed by atoms with Crippen LogP contribution < -0.4 is 0 Å². The Kier molecular flexibility index (Phi) is 17.4. The van der Waals surface area contributed by atoms with Crippen LogP contribution in [0.3, 0.4) is 0 Å². The quantitative estimate of drug-likeness (QED) is 0.127. The van der Waals surface area contributed by atoms with Gasteiger partial charge in [-0.2, -0.15) is 0 Å². The van der Waals surface area contributed by atoms with Gasteiger partial charge in [0, 0.05) is 61.1 Å². The molecule has 0 amide bonds. The molecule has 1 heterocycles. The lowest BCUT2D eigenvalue weighted by Crippen LogP contribution is -2.69. The number of nitrogens with zero attached hydrogens (tertiary/aromatic N) is 2. The van der Waals surface area contributed by atoms with Gasteiger partial charge in [-0.15, -0.1) is 0 Å². The number of ether oxygens (including phenoxy) is 1. The van der Waals surface area contributed by atoms with Gasteiger partial charge in [-0.25, -0.2) is 8.78 Å². The van der Waals surface area contributed by atoms with E-state index in [1.807, 2.05) is 32.6 Å². The Morgan fingerprint density at radius 2 is 1.56 bits per heavy atom. The molecular formula is C53H86F2N2O11. The summed E-state index contributed by atoms with van der Waals surface area (Å²) in [7, 11) is 0. The number of halogens is 2. The molecule has 2 unspecified atom stereocenters. The van der Waals surface area contributed by atoms with Crippen molar-refractivity contribution < 1.29 is 63.3 Å². The zero-order valence-corrected chi connectivity index (χ0v) is 43.0.